The van der Waals surface area contributed by atoms with Gasteiger partial charge in [0.25, 0.3) is 0 Å². The summed E-state index contributed by atoms with van der Waals surface area (Å²) in [5.41, 5.74) is 0.950. The number of carbonyl (C=O) groups is 1. The molecular weight excluding hydrogens is 454 g/mol. The zero-order chi connectivity index (χ0) is 22.2. The number of thioether (sulfide) groups is 1. The van der Waals surface area contributed by atoms with Gasteiger partial charge in [-0.25, -0.2) is 13.4 Å². The number of rotatable bonds is 7. The van der Waals surface area contributed by atoms with Crippen LogP contribution in [0.2, 0.25) is 0 Å². The minimum Gasteiger partial charge on any atom is -0.336 e. The lowest BCUT2D eigenvalue weighted by Gasteiger charge is -2.23. The summed E-state index contributed by atoms with van der Waals surface area (Å²) in [6, 6.07) is 7.84. The molecule has 8 nitrogen and oxygen atoms in total. The van der Waals surface area contributed by atoms with Crippen LogP contribution >= 0.6 is 23.1 Å². The van der Waals surface area contributed by atoms with E-state index in [-0.39, 0.29) is 35.1 Å². The number of hydrogen-bond donors (Lipinski definition) is 0. The summed E-state index contributed by atoms with van der Waals surface area (Å²) < 4.78 is 26.3. The van der Waals surface area contributed by atoms with Crippen LogP contribution in [0.5, 0.6) is 0 Å². The Morgan fingerprint density at radius 3 is 2.84 bits per heavy atom. The highest BCUT2D eigenvalue weighted by Crippen LogP contribution is 2.29. The molecule has 166 valence electrons. The number of sulfone groups is 1. The van der Waals surface area contributed by atoms with Gasteiger partial charge in [-0.2, -0.15) is 0 Å². The zero-order valence-corrected chi connectivity index (χ0v) is 20.1. The molecule has 0 bridgehead atoms. The van der Waals surface area contributed by atoms with E-state index in [9.17, 15) is 13.2 Å². The normalized spacial score (nSPS) is 19.0. The van der Waals surface area contributed by atoms with Crippen LogP contribution in [-0.2, 0) is 28.1 Å². The monoisotopic (exact) mass is 479 g/mol. The van der Waals surface area contributed by atoms with Gasteiger partial charge in [0, 0.05) is 20.5 Å². The highest BCUT2D eigenvalue weighted by atomic mass is 32.2. The summed E-state index contributed by atoms with van der Waals surface area (Å²) in [6.45, 7) is 1.98. The molecule has 1 fully saturated rings. The molecule has 2 aromatic heterocycles. The molecule has 0 spiro atoms. The van der Waals surface area contributed by atoms with Crippen LogP contribution in [0.4, 0.5) is 0 Å². The minimum atomic E-state index is -2.91. The number of para-hydroxylation sites is 1. The summed E-state index contributed by atoms with van der Waals surface area (Å²) in [5.74, 6) is 1.56. The molecular formula is C20H25N5O3S3. The lowest BCUT2D eigenvalue weighted by molar-refractivity contribution is -0.128. The maximum Gasteiger partial charge on any atom is 0.233 e. The number of amides is 1. The van der Waals surface area contributed by atoms with Crippen LogP contribution in [-0.4, -0.2) is 63.3 Å². The topological polar surface area (TPSA) is 98.1 Å². The molecule has 3 aromatic rings. The smallest absolute Gasteiger partial charge is 0.233 e. The minimum absolute atomic E-state index is 0.0109. The fourth-order valence-electron chi connectivity index (χ4n) is 3.62. The average Bonchev–Trinajstić information content (AvgIpc) is 3.42. The Balaban J connectivity index is 1.35. The van der Waals surface area contributed by atoms with E-state index >= 15 is 0 Å². The number of nitrogens with zero attached hydrogens (tertiary/aromatic N) is 5. The van der Waals surface area contributed by atoms with Crippen LogP contribution < -0.4 is 0 Å². The lowest BCUT2D eigenvalue weighted by Crippen LogP contribution is -2.31. The first-order valence-corrected chi connectivity index (χ1v) is 13.7. The van der Waals surface area contributed by atoms with E-state index < -0.39 is 9.84 Å². The lowest BCUT2D eigenvalue weighted by atomic mass is 10.1. The van der Waals surface area contributed by atoms with E-state index in [1.807, 2.05) is 42.8 Å². The second-order valence-electron chi connectivity index (χ2n) is 7.92. The molecule has 0 saturated carbocycles. The van der Waals surface area contributed by atoms with Crippen molar-refractivity contribution in [3.8, 4) is 0 Å². The standard InChI is InChI=1S/C20H25N5O3S3/c1-13(19-21-15-6-4-5-7-16(15)30-19)24(2)18(26)11-29-20-23-22-17(25(20)3)10-14-8-9-31(27,28)12-14/h4-7,13-14H,8-12H2,1-3H3/t13-,14-/m1/s1. The quantitative estimate of drug-likeness (QED) is 0.481. The maximum absolute atomic E-state index is 12.8. The molecule has 3 heterocycles. The van der Waals surface area contributed by atoms with Gasteiger partial charge in [-0.15, -0.1) is 21.5 Å². The number of fused-ring (bicyclic) bond motifs is 1. The molecule has 1 aliphatic heterocycles. The maximum atomic E-state index is 12.8. The van der Waals surface area contributed by atoms with E-state index in [1.54, 1.807) is 23.3 Å². The van der Waals surface area contributed by atoms with Crippen molar-refractivity contribution in [1.82, 2.24) is 24.6 Å². The van der Waals surface area contributed by atoms with Crippen LogP contribution in [0.25, 0.3) is 10.2 Å². The van der Waals surface area contributed by atoms with Gasteiger partial charge < -0.3 is 9.47 Å². The first-order chi connectivity index (χ1) is 14.7. The summed E-state index contributed by atoms with van der Waals surface area (Å²) in [5, 5.41) is 9.99. The van der Waals surface area contributed by atoms with E-state index in [2.05, 4.69) is 15.2 Å². The largest absolute Gasteiger partial charge is 0.336 e. The van der Waals surface area contributed by atoms with Gasteiger partial charge in [0.1, 0.15) is 10.8 Å². The molecule has 0 unspecified atom stereocenters. The van der Waals surface area contributed by atoms with Crippen molar-refractivity contribution in [2.45, 2.75) is 31.0 Å². The molecule has 1 amide bonds. The Hall–Kier alpha value is -1.98. The first kappa shape index (κ1) is 22.2. The van der Waals surface area contributed by atoms with Crippen molar-refractivity contribution in [3.63, 3.8) is 0 Å². The second-order valence-corrected chi connectivity index (χ2v) is 12.2. The van der Waals surface area contributed by atoms with Crippen molar-refractivity contribution in [1.29, 1.82) is 0 Å². The molecule has 0 aliphatic carbocycles. The van der Waals surface area contributed by atoms with Crippen molar-refractivity contribution >= 4 is 49.1 Å². The van der Waals surface area contributed by atoms with E-state index in [1.165, 1.54) is 11.8 Å². The van der Waals surface area contributed by atoms with Crippen molar-refractivity contribution in [2.24, 2.45) is 13.0 Å². The van der Waals surface area contributed by atoms with E-state index in [0.29, 0.717) is 18.0 Å². The molecule has 0 radical (unpaired) electrons. The van der Waals surface area contributed by atoms with Crippen LogP contribution in [0.3, 0.4) is 0 Å². The predicted molar refractivity (Wildman–Crippen MR) is 123 cm³/mol. The Bertz CT molecular complexity index is 1170. The van der Waals surface area contributed by atoms with Gasteiger partial charge in [0.05, 0.1) is 33.5 Å². The molecule has 31 heavy (non-hydrogen) atoms. The summed E-state index contributed by atoms with van der Waals surface area (Å²) in [4.78, 5) is 19.1. The van der Waals surface area contributed by atoms with Gasteiger partial charge in [0.2, 0.25) is 5.91 Å². The van der Waals surface area contributed by atoms with Crippen LogP contribution in [0.15, 0.2) is 29.4 Å². The first-order valence-electron chi connectivity index (χ1n) is 10.1. The Labute approximate surface area is 190 Å². The predicted octanol–water partition coefficient (Wildman–Crippen LogP) is 2.71. The highest BCUT2D eigenvalue weighted by Gasteiger charge is 2.29. The number of benzene rings is 1. The van der Waals surface area contributed by atoms with Gasteiger partial charge in [0.15, 0.2) is 15.0 Å². The molecule has 11 heteroatoms. The molecule has 2 atom stereocenters. The van der Waals surface area contributed by atoms with E-state index in [4.69, 9.17) is 0 Å². The molecule has 1 aliphatic rings. The zero-order valence-electron chi connectivity index (χ0n) is 17.7. The van der Waals surface area contributed by atoms with E-state index in [0.717, 1.165) is 21.0 Å². The Kier molecular flexibility index (Phi) is 6.36. The van der Waals surface area contributed by atoms with Crippen molar-refractivity contribution < 1.29 is 13.2 Å². The highest BCUT2D eigenvalue weighted by molar-refractivity contribution is 7.99. The van der Waals surface area contributed by atoms with Crippen molar-refractivity contribution in [2.75, 3.05) is 24.3 Å². The van der Waals surface area contributed by atoms with Crippen LogP contribution in [0.1, 0.15) is 30.2 Å². The summed E-state index contributed by atoms with van der Waals surface area (Å²) >= 11 is 2.95. The third kappa shape index (κ3) is 4.93. The summed E-state index contributed by atoms with van der Waals surface area (Å²) in [7, 11) is 0.745. The average molecular weight is 480 g/mol. The third-order valence-corrected chi connectivity index (χ3v) is 9.74. The van der Waals surface area contributed by atoms with Gasteiger partial charge >= 0.3 is 0 Å². The summed E-state index contributed by atoms with van der Waals surface area (Å²) in [6.07, 6.45) is 1.26. The van der Waals surface area contributed by atoms with Crippen molar-refractivity contribution in [3.05, 3.63) is 35.1 Å². The number of hydrogen-bond acceptors (Lipinski definition) is 8. The molecule has 4 rings (SSSR count). The van der Waals surface area contributed by atoms with Gasteiger partial charge in [-0.3, -0.25) is 4.79 Å². The molecule has 1 aromatic carbocycles. The van der Waals surface area contributed by atoms with Gasteiger partial charge in [-0.1, -0.05) is 23.9 Å². The Morgan fingerprint density at radius 1 is 1.35 bits per heavy atom. The number of carbonyl (C=O) groups excluding carboxylic acids is 1. The Morgan fingerprint density at radius 2 is 2.13 bits per heavy atom. The van der Waals surface area contributed by atoms with Crippen LogP contribution in [0, 0.1) is 5.92 Å². The fraction of sp³-hybridized carbons (Fsp3) is 0.500. The third-order valence-electron chi connectivity index (χ3n) is 5.69. The number of thiazole rings is 1. The molecule has 0 N–H and O–H groups in total. The van der Waals surface area contributed by atoms with Gasteiger partial charge in [-0.05, 0) is 31.4 Å². The number of aromatic nitrogens is 4. The molecule has 1 saturated heterocycles. The fourth-order valence-corrected chi connectivity index (χ4v) is 7.40. The SMILES string of the molecule is C[C@H](c1nc2ccccc2s1)N(C)C(=O)CSc1nnc(C[C@H]2CCS(=O)(=O)C2)n1C. The second kappa shape index (κ2) is 8.87.